The van der Waals surface area contributed by atoms with E-state index in [1.807, 2.05) is 77.1 Å². The summed E-state index contributed by atoms with van der Waals surface area (Å²) in [4.78, 5) is 57.7. The van der Waals surface area contributed by atoms with E-state index in [4.69, 9.17) is 0 Å². The summed E-state index contributed by atoms with van der Waals surface area (Å²) in [6, 6.07) is 24.6. The van der Waals surface area contributed by atoms with E-state index in [2.05, 4.69) is 54.1 Å². The molecule has 4 amide bonds. The van der Waals surface area contributed by atoms with Crippen LogP contribution in [0.2, 0.25) is 0 Å². The molecule has 3 aliphatic heterocycles. The molecule has 0 aromatic heterocycles. The van der Waals surface area contributed by atoms with Crippen LogP contribution in [0.15, 0.2) is 72.8 Å². The van der Waals surface area contributed by atoms with Gasteiger partial charge in [0.25, 0.3) is 5.91 Å². The van der Waals surface area contributed by atoms with Gasteiger partial charge in [0, 0.05) is 78.6 Å². The number of rotatable bonds is 9. The fourth-order valence-corrected chi connectivity index (χ4v) is 9.01. The van der Waals surface area contributed by atoms with Gasteiger partial charge in [-0.05, 0) is 99.9 Å². The van der Waals surface area contributed by atoms with Gasteiger partial charge in [-0.1, -0.05) is 50.2 Å². The smallest absolute Gasteiger partial charge is 0.251 e. The van der Waals surface area contributed by atoms with Crippen LogP contribution < -0.4 is 25.8 Å². The molecule has 1 aliphatic carbocycles. The van der Waals surface area contributed by atoms with Crippen molar-refractivity contribution in [3.05, 3.63) is 89.5 Å². The summed E-state index contributed by atoms with van der Waals surface area (Å²) in [6.45, 7) is 9.13. The van der Waals surface area contributed by atoms with Crippen LogP contribution in [0.3, 0.4) is 0 Å². The molecule has 0 spiro atoms. The molecule has 4 atom stereocenters. The number of carbonyl (C=O) groups excluding carboxylic acids is 4. The van der Waals surface area contributed by atoms with Gasteiger partial charge >= 0.3 is 0 Å². The number of amides is 4. The van der Waals surface area contributed by atoms with Crippen LogP contribution >= 0.6 is 0 Å². The van der Waals surface area contributed by atoms with Gasteiger partial charge in [0.1, 0.15) is 0 Å². The topological polar surface area (TPSA) is 114 Å². The van der Waals surface area contributed by atoms with Crippen LogP contribution in [-0.2, 0) is 14.4 Å². The van der Waals surface area contributed by atoms with Gasteiger partial charge in [0.2, 0.25) is 17.7 Å². The maximum Gasteiger partial charge on any atom is 0.251 e. The highest BCUT2D eigenvalue weighted by Crippen LogP contribution is 2.40. The predicted octanol–water partition coefficient (Wildman–Crippen LogP) is 6.74. The largest absolute Gasteiger partial charge is 0.378 e. The van der Waals surface area contributed by atoms with Gasteiger partial charge in [0.15, 0.2) is 0 Å². The lowest BCUT2D eigenvalue weighted by Crippen LogP contribution is -2.62. The summed E-state index contributed by atoms with van der Waals surface area (Å²) < 4.78 is 0. The Morgan fingerprint density at radius 1 is 0.660 bits per heavy atom. The van der Waals surface area contributed by atoms with Crippen molar-refractivity contribution < 1.29 is 19.2 Å². The summed E-state index contributed by atoms with van der Waals surface area (Å²) in [5, 5.41) is 10.6. The van der Waals surface area contributed by atoms with E-state index in [1.54, 1.807) is 0 Å². The summed E-state index contributed by atoms with van der Waals surface area (Å²) in [5.41, 5.74) is 5.76. The van der Waals surface area contributed by atoms with Gasteiger partial charge in [0.05, 0.1) is 12.1 Å². The molecule has 2 fully saturated rings. The Bertz CT molecular complexity index is 1820. The van der Waals surface area contributed by atoms with Crippen molar-refractivity contribution in [2.45, 2.75) is 115 Å². The molecule has 0 bridgehead atoms. The first-order valence-corrected chi connectivity index (χ1v) is 19.7. The van der Waals surface area contributed by atoms with Crippen LogP contribution in [0.4, 0.5) is 17.1 Å². The number of hydrogen-bond acceptors (Lipinski definition) is 6. The lowest BCUT2D eigenvalue weighted by atomic mass is 9.83. The number of anilines is 3. The van der Waals surface area contributed by atoms with Gasteiger partial charge in [-0.3, -0.25) is 19.2 Å². The van der Waals surface area contributed by atoms with Crippen molar-refractivity contribution in [2.24, 2.45) is 5.92 Å². The fourth-order valence-electron chi connectivity index (χ4n) is 9.01. The van der Waals surface area contributed by atoms with E-state index >= 15 is 0 Å². The second kappa shape index (κ2) is 15.7. The number of para-hydroxylation sites is 2. The first kappa shape index (κ1) is 36.6. The van der Waals surface area contributed by atoms with Gasteiger partial charge in [-0.15, -0.1) is 0 Å². The van der Waals surface area contributed by atoms with E-state index in [0.717, 1.165) is 61.2 Å². The number of benzene rings is 3. The van der Waals surface area contributed by atoms with E-state index in [9.17, 15) is 19.2 Å². The molecule has 10 nitrogen and oxygen atoms in total. The zero-order chi connectivity index (χ0) is 37.2. The first-order valence-electron chi connectivity index (χ1n) is 19.7. The quantitative estimate of drug-likeness (QED) is 0.226. The molecular weight excluding hydrogens is 665 g/mol. The van der Waals surface area contributed by atoms with Crippen molar-refractivity contribution in [2.75, 3.05) is 28.2 Å². The Balaban J connectivity index is 0.863. The van der Waals surface area contributed by atoms with Gasteiger partial charge in [-0.2, -0.15) is 0 Å². The SMILES string of the molecule is CCC(=O)N1c2ccccc2[C@H](Nc2ccc(C(=O)NC3CN(C(=O)C4CCC(N[C@@H]5C[C@H](C)N(C(=O)CC)c6ccccc65)CC4)C3)cc2)C[C@@H]1C. The maximum atomic E-state index is 13.4. The number of hydrogen-bond donors (Lipinski definition) is 3. The summed E-state index contributed by atoms with van der Waals surface area (Å²) in [6.07, 6.45) is 6.23. The zero-order valence-corrected chi connectivity index (χ0v) is 31.5. The standard InChI is InChI=1S/C43H54N6O4/c1-5-40(50)48-27(3)23-36(34-11-7-9-13-38(34)48)44-31-19-15-29(16-20-31)42(52)46-33-25-47(26-33)43(53)30-17-21-32(22-18-30)45-37-24-28(4)49(41(51)6-2)39-14-10-8-12-35(37)39/h7-16,19-20,27-28,30,32-33,36-37,44-45H,5-6,17-18,21-26H2,1-4H3,(H,46,52)/t27-,28-,30?,32?,36+,37+/m0/s1. The summed E-state index contributed by atoms with van der Waals surface area (Å²) in [5.74, 6) is 0.385. The van der Waals surface area contributed by atoms with E-state index in [0.29, 0.717) is 37.5 Å². The Labute approximate surface area is 313 Å². The number of carbonyl (C=O) groups is 4. The lowest BCUT2D eigenvalue weighted by Gasteiger charge is -2.43. The van der Waals surface area contributed by atoms with Crippen molar-refractivity contribution in [1.29, 1.82) is 0 Å². The first-order chi connectivity index (χ1) is 25.6. The number of nitrogens with one attached hydrogen (secondary N) is 3. The predicted molar refractivity (Wildman–Crippen MR) is 209 cm³/mol. The van der Waals surface area contributed by atoms with Crippen LogP contribution in [-0.4, -0.2) is 65.8 Å². The van der Waals surface area contributed by atoms with Crippen LogP contribution in [0.25, 0.3) is 0 Å². The molecule has 10 heteroatoms. The van der Waals surface area contributed by atoms with E-state index in [1.165, 1.54) is 5.56 Å². The molecule has 1 saturated heterocycles. The number of likely N-dealkylation sites (tertiary alicyclic amines) is 1. The van der Waals surface area contributed by atoms with E-state index in [-0.39, 0.29) is 59.8 Å². The molecule has 3 N–H and O–H groups in total. The Morgan fingerprint density at radius 2 is 1.19 bits per heavy atom. The third-order valence-corrected chi connectivity index (χ3v) is 11.9. The Morgan fingerprint density at radius 3 is 1.75 bits per heavy atom. The van der Waals surface area contributed by atoms with E-state index < -0.39 is 0 Å². The van der Waals surface area contributed by atoms with Crippen molar-refractivity contribution in [3.63, 3.8) is 0 Å². The monoisotopic (exact) mass is 718 g/mol. The highest BCUT2D eigenvalue weighted by molar-refractivity contribution is 5.96. The minimum Gasteiger partial charge on any atom is -0.378 e. The maximum absolute atomic E-state index is 13.4. The molecule has 3 aromatic rings. The average Bonchev–Trinajstić information content (AvgIpc) is 3.16. The highest BCUT2D eigenvalue weighted by atomic mass is 16.2. The van der Waals surface area contributed by atoms with Crippen molar-refractivity contribution in [1.82, 2.24) is 15.5 Å². The zero-order valence-electron chi connectivity index (χ0n) is 31.5. The molecule has 0 radical (unpaired) electrons. The molecule has 3 heterocycles. The lowest BCUT2D eigenvalue weighted by molar-refractivity contribution is -0.141. The molecule has 1 saturated carbocycles. The van der Waals surface area contributed by atoms with Crippen LogP contribution in [0.1, 0.15) is 113 Å². The molecule has 53 heavy (non-hydrogen) atoms. The van der Waals surface area contributed by atoms with Crippen molar-refractivity contribution >= 4 is 40.7 Å². The van der Waals surface area contributed by atoms with Crippen LogP contribution in [0.5, 0.6) is 0 Å². The van der Waals surface area contributed by atoms with Gasteiger partial charge < -0.3 is 30.7 Å². The Kier molecular flexibility index (Phi) is 10.9. The van der Waals surface area contributed by atoms with Crippen LogP contribution in [0, 0.1) is 5.92 Å². The second-order valence-electron chi connectivity index (χ2n) is 15.5. The average molecular weight is 719 g/mol. The minimum atomic E-state index is -0.133. The fraction of sp³-hybridized carbons (Fsp3) is 0.488. The summed E-state index contributed by atoms with van der Waals surface area (Å²) >= 11 is 0. The highest BCUT2D eigenvalue weighted by Gasteiger charge is 2.39. The molecule has 3 aromatic carbocycles. The molecule has 7 rings (SSSR count). The van der Waals surface area contributed by atoms with Gasteiger partial charge in [-0.25, -0.2) is 0 Å². The third-order valence-electron chi connectivity index (χ3n) is 11.9. The normalized spacial score (nSPS) is 25.5. The molecule has 0 unspecified atom stereocenters. The molecular formula is C43H54N6O4. The molecule has 280 valence electrons. The minimum absolute atomic E-state index is 0.0225. The number of fused-ring (bicyclic) bond motifs is 2. The number of nitrogens with zero attached hydrogens (tertiary/aromatic N) is 3. The summed E-state index contributed by atoms with van der Waals surface area (Å²) in [7, 11) is 0. The second-order valence-corrected chi connectivity index (χ2v) is 15.5. The Hall–Kier alpha value is -4.70. The van der Waals surface area contributed by atoms with Crippen molar-refractivity contribution in [3.8, 4) is 0 Å². The third kappa shape index (κ3) is 7.56. The molecule has 4 aliphatic rings.